The minimum absolute atomic E-state index is 0.461. The first kappa shape index (κ1) is 21.1. The van der Waals surface area contributed by atoms with Gasteiger partial charge >= 0.3 is 0 Å². The summed E-state index contributed by atoms with van der Waals surface area (Å²) in [7, 11) is 0. The molecule has 5 atom stereocenters. The molecule has 0 saturated carbocycles. The number of para-hydroxylation sites is 1. The van der Waals surface area contributed by atoms with Crippen molar-refractivity contribution in [2.75, 3.05) is 24.7 Å². The van der Waals surface area contributed by atoms with E-state index in [0.29, 0.717) is 17.9 Å². The largest absolute Gasteiger partial charge is 0.489 e. The molecule has 0 spiro atoms. The molecule has 0 unspecified atom stereocenters. The van der Waals surface area contributed by atoms with Gasteiger partial charge in [-0.1, -0.05) is 43.3 Å². The highest BCUT2D eigenvalue weighted by Gasteiger charge is 2.45. The highest BCUT2D eigenvalue weighted by atomic mass is 16.5. The number of fused-ring (bicyclic) bond motifs is 1. The van der Waals surface area contributed by atoms with Crippen LogP contribution in [0.4, 0.5) is 5.69 Å². The van der Waals surface area contributed by atoms with Crippen LogP contribution >= 0.6 is 0 Å². The van der Waals surface area contributed by atoms with Gasteiger partial charge in [0.1, 0.15) is 42.9 Å². The van der Waals surface area contributed by atoms with E-state index in [9.17, 15) is 20.4 Å². The number of benzene rings is 2. The average molecular weight is 415 g/mol. The lowest BCUT2D eigenvalue weighted by molar-refractivity contribution is -0.232. The fraction of sp³-hybridized carbons (Fsp3) is 0.478. The smallest absolute Gasteiger partial charge is 0.148 e. The van der Waals surface area contributed by atoms with Crippen LogP contribution in [0.25, 0.3) is 0 Å². The van der Waals surface area contributed by atoms with Crippen LogP contribution in [-0.4, -0.2) is 64.6 Å². The van der Waals surface area contributed by atoms with Gasteiger partial charge in [0.15, 0.2) is 0 Å². The van der Waals surface area contributed by atoms with Crippen molar-refractivity contribution in [2.45, 2.75) is 50.4 Å². The quantitative estimate of drug-likeness (QED) is 0.581. The van der Waals surface area contributed by atoms with Crippen molar-refractivity contribution in [1.82, 2.24) is 0 Å². The highest BCUT2D eigenvalue weighted by Crippen LogP contribution is 2.43. The number of hydrogen-bond donors (Lipinski definition) is 4. The van der Waals surface area contributed by atoms with E-state index in [2.05, 4.69) is 36.1 Å². The summed E-state index contributed by atoms with van der Waals surface area (Å²) < 4.78 is 11.7. The van der Waals surface area contributed by atoms with Gasteiger partial charge in [-0.15, -0.1) is 0 Å². The normalized spacial score (nSPS) is 28.7. The number of nitrogens with zero attached hydrogens (tertiary/aromatic N) is 1. The SMILES string of the molecule is CCc1ccc(CN2CCOc3c([C@@H]4O[C@H](CO)[C@@H](O)[C@H](O)[C@H]4O)cccc32)cc1. The molecule has 7 heteroatoms. The molecule has 1 fully saturated rings. The maximum Gasteiger partial charge on any atom is 0.148 e. The molecule has 162 valence electrons. The van der Waals surface area contributed by atoms with E-state index in [1.165, 1.54) is 11.1 Å². The van der Waals surface area contributed by atoms with E-state index in [4.69, 9.17) is 9.47 Å². The first-order valence-electron chi connectivity index (χ1n) is 10.4. The maximum atomic E-state index is 10.5. The predicted octanol–water partition coefficient (Wildman–Crippen LogP) is 1.16. The van der Waals surface area contributed by atoms with Crippen LogP contribution in [0.5, 0.6) is 5.75 Å². The van der Waals surface area contributed by atoms with Crippen LogP contribution in [0.3, 0.4) is 0 Å². The molecule has 2 aromatic rings. The molecule has 2 aliphatic rings. The van der Waals surface area contributed by atoms with Crippen molar-refractivity contribution < 1.29 is 29.9 Å². The predicted molar refractivity (Wildman–Crippen MR) is 112 cm³/mol. The Hall–Kier alpha value is -2.16. The average Bonchev–Trinajstić information content (AvgIpc) is 2.78. The Kier molecular flexibility index (Phi) is 6.26. The van der Waals surface area contributed by atoms with Gasteiger partial charge in [0.05, 0.1) is 18.8 Å². The van der Waals surface area contributed by atoms with Crippen molar-refractivity contribution in [2.24, 2.45) is 0 Å². The summed E-state index contributed by atoms with van der Waals surface area (Å²) in [4.78, 5) is 2.22. The van der Waals surface area contributed by atoms with Crippen molar-refractivity contribution in [3.05, 3.63) is 59.2 Å². The van der Waals surface area contributed by atoms with Crippen LogP contribution in [0, 0.1) is 0 Å². The van der Waals surface area contributed by atoms with Gasteiger partial charge in [0.25, 0.3) is 0 Å². The van der Waals surface area contributed by atoms with Gasteiger partial charge in [0, 0.05) is 12.1 Å². The molecule has 7 nitrogen and oxygen atoms in total. The van der Waals surface area contributed by atoms with Gasteiger partial charge in [-0.3, -0.25) is 0 Å². The van der Waals surface area contributed by atoms with E-state index >= 15 is 0 Å². The van der Waals surface area contributed by atoms with Crippen molar-refractivity contribution in [3.8, 4) is 5.75 Å². The lowest BCUT2D eigenvalue weighted by Crippen LogP contribution is -2.55. The van der Waals surface area contributed by atoms with Crippen LogP contribution < -0.4 is 9.64 Å². The standard InChI is InChI=1S/C23H29NO6/c1-2-14-6-8-15(9-7-14)12-24-10-11-29-22-16(4-3-5-17(22)24)23-21(28)20(27)19(26)18(13-25)30-23/h3-9,18-21,23,25-28H,2,10-13H2,1H3/t18-,19-,20+,21-,23+/m1/s1. The summed E-state index contributed by atoms with van der Waals surface area (Å²) >= 11 is 0. The van der Waals surface area contributed by atoms with E-state index in [-0.39, 0.29) is 0 Å². The number of hydrogen-bond acceptors (Lipinski definition) is 7. The molecule has 0 amide bonds. The molecule has 2 aromatic carbocycles. The van der Waals surface area contributed by atoms with E-state index < -0.39 is 37.1 Å². The molecule has 0 radical (unpaired) electrons. The van der Waals surface area contributed by atoms with Crippen LogP contribution in [-0.2, 0) is 17.7 Å². The zero-order chi connectivity index (χ0) is 21.3. The molecule has 0 aliphatic carbocycles. The first-order chi connectivity index (χ1) is 14.5. The Morgan fingerprint density at radius 3 is 2.40 bits per heavy atom. The van der Waals surface area contributed by atoms with Gasteiger partial charge in [-0.05, 0) is 23.6 Å². The van der Waals surface area contributed by atoms with Crippen molar-refractivity contribution >= 4 is 5.69 Å². The fourth-order valence-electron chi connectivity index (χ4n) is 4.17. The third-order valence-electron chi connectivity index (χ3n) is 5.98. The Bertz CT molecular complexity index is 855. The second kappa shape index (κ2) is 8.91. The van der Waals surface area contributed by atoms with E-state index in [1.807, 2.05) is 12.1 Å². The zero-order valence-electron chi connectivity index (χ0n) is 17.0. The summed E-state index contributed by atoms with van der Waals surface area (Å²) in [5.74, 6) is 0.596. The second-order valence-electron chi connectivity index (χ2n) is 7.89. The Morgan fingerprint density at radius 1 is 0.967 bits per heavy atom. The summed E-state index contributed by atoms with van der Waals surface area (Å²) in [6, 6.07) is 14.2. The molecular weight excluding hydrogens is 386 g/mol. The van der Waals surface area contributed by atoms with Crippen molar-refractivity contribution in [3.63, 3.8) is 0 Å². The monoisotopic (exact) mass is 415 g/mol. The minimum atomic E-state index is -1.42. The number of rotatable bonds is 5. The molecule has 2 aliphatic heterocycles. The lowest BCUT2D eigenvalue weighted by atomic mass is 9.90. The highest BCUT2D eigenvalue weighted by molar-refractivity contribution is 5.64. The Balaban J connectivity index is 1.62. The minimum Gasteiger partial charge on any atom is -0.489 e. The topological polar surface area (TPSA) is 103 Å². The van der Waals surface area contributed by atoms with Crippen LogP contribution in [0.1, 0.15) is 29.7 Å². The summed E-state index contributed by atoms with van der Waals surface area (Å²) in [5.41, 5.74) is 3.97. The molecule has 4 rings (SSSR count). The lowest BCUT2D eigenvalue weighted by Gasteiger charge is -2.41. The zero-order valence-corrected chi connectivity index (χ0v) is 17.0. The van der Waals surface area contributed by atoms with E-state index in [1.54, 1.807) is 6.07 Å². The van der Waals surface area contributed by atoms with E-state index in [0.717, 1.165) is 25.2 Å². The summed E-state index contributed by atoms with van der Waals surface area (Å²) in [6.45, 7) is 3.60. The molecule has 2 heterocycles. The number of aliphatic hydroxyl groups excluding tert-OH is 4. The molecule has 1 saturated heterocycles. The van der Waals surface area contributed by atoms with Gasteiger partial charge in [0.2, 0.25) is 0 Å². The van der Waals surface area contributed by atoms with Gasteiger partial charge in [-0.2, -0.15) is 0 Å². The third kappa shape index (κ3) is 3.91. The number of ether oxygens (including phenoxy) is 2. The van der Waals surface area contributed by atoms with Crippen molar-refractivity contribution in [1.29, 1.82) is 0 Å². The van der Waals surface area contributed by atoms with Crippen LogP contribution in [0.2, 0.25) is 0 Å². The number of aliphatic hydroxyl groups is 4. The number of anilines is 1. The Labute approximate surface area is 176 Å². The van der Waals surface area contributed by atoms with Gasteiger partial charge < -0.3 is 34.8 Å². The molecule has 0 bridgehead atoms. The maximum absolute atomic E-state index is 10.5. The molecule has 30 heavy (non-hydrogen) atoms. The third-order valence-corrected chi connectivity index (χ3v) is 5.98. The first-order valence-corrected chi connectivity index (χ1v) is 10.4. The molecule has 4 N–H and O–H groups in total. The second-order valence-corrected chi connectivity index (χ2v) is 7.89. The fourth-order valence-corrected chi connectivity index (χ4v) is 4.17. The molecular formula is C23H29NO6. The molecule has 0 aromatic heterocycles. The number of aryl methyl sites for hydroxylation is 1. The van der Waals surface area contributed by atoms with Gasteiger partial charge in [-0.25, -0.2) is 0 Å². The summed E-state index contributed by atoms with van der Waals surface area (Å²) in [5, 5.41) is 40.3. The Morgan fingerprint density at radius 2 is 1.70 bits per heavy atom. The van der Waals surface area contributed by atoms with Crippen LogP contribution in [0.15, 0.2) is 42.5 Å². The summed E-state index contributed by atoms with van der Waals surface area (Å²) in [6.07, 6.45) is -5.02.